The highest BCUT2D eigenvalue weighted by atomic mass is 19.2. The number of hydrogen-bond acceptors (Lipinski definition) is 4. The van der Waals surface area contributed by atoms with E-state index in [0.717, 1.165) is 12.1 Å². The second kappa shape index (κ2) is 6.16. The van der Waals surface area contributed by atoms with Crippen LogP contribution in [-0.4, -0.2) is 27.5 Å². The lowest BCUT2D eigenvalue weighted by molar-refractivity contribution is 0.0910. The van der Waals surface area contributed by atoms with Crippen molar-refractivity contribution in [3.05, 3.63) is 59.7 Å². The summed E-state index contributed by atoms with van der Waals surface area (Å²) in [7, 11) is 0. The predicted octanol–water partition coefficient (Wildman–Crippen LogP) is 1.22. The van der Waals surface area contributed by atoms with Gasteiger partial charge in [-0.3, -0.25) is 9.78 Å². The average molecular weight is 279 g/mol. The topological polar surface area (TPSA) is 75.1 Å². The Morgan fingerprint density at radius 1 is 1.30 bits per heavy atom. The number of halogens is 2. The van der Waals surface area contributed by atoms with Crippen LogP contribution in [0, 0.1) is 11.6 Å². The van der Waals surface area contributed by atoms with E-state index in [1.165, 1.54) is 24.7 Å². The first kappa shape index (κ1) is 14.0. The van der Waals surface area contributed by atoms with Crippen LogP contribution in [-0.2, 0) is 0 Å². The number of amides is 1. The Morgan fingerprint density at radius 3 is 2.75 bits per heavy atom. The zero-order chi connectivity index (χ0) is 14.5. The molecule has 0 aliphatic rings. The molecule has 0 aliphatic carbocycles. The summed E-state index contributed by atoms with van der Waals surface area (Å²) in [5, 5.41) is 12.2. The Morgan fingerprint density at radius 2 is 2.10 bits per heavy atom. The Bertz CT molecular complexity index is 608. The fraction of sp³-hybridized carbons (Fsp3) is 0.154. The van der Waals surface area contributed by atoms with Gasteiger partial charge in [0.25, 0.3) is 5.91 Å². The maximum absolute atomic E-state index is 13.0. The quantitative estimate of drug-likeness (QED) is 0.882. The number of aromatic nitrogens is 2. The molecule has 1 heterocycles. The van der Waals surface area contributed by atoms with Gasteiger partial charge in [-0.1, -0.05) is 6.07 Å². The second-order valence-electron chi connectivity index (χ2n) is 3.99. The molecule has 20 heavy (non-hydrogen) atoms. The number of rotatable bonds is 4. The van der Waals surface area contributed by atoms with E-state index in [2.05, 4.69) is 15.3 Å². The van der Waals surface area contributed by atoms with Crippen LogP contribution >= 0.6 is 0 Å². The van der Waals surface area contributed by atoms with Gasteiger partial charge in [-0.15, -0.1) is 0 Å². The fourth-order valence-electron chi connectivity index (χ4n) is 1.53. The van der Waals surface area contributed by atoms with Crippen molar-refractivity contribution in [2.75, 3.05) is 6.54 Å². The largest absolute Gasteiger partial charge is 0.387 e. The number of carbonyl (C=O) groups excluding carboxylic acids is 1. The standard InChI is InChI=1S/C13H11F2N3O2/c14-9-2-1-8(5-10(9)15)12(19)7-18-13(20)11-6-16-3-4-17-11/h1-6,12,19H,7H2,(H,18,20). The Balaban J connectivity index is 1.96. The molecule has 7 heteroatoms. The summed E-state index contributed by atoms with van der Waals surface area (Å²) in [6.07, 6.45) is 2.91. The molecule has 0 bridgehead atoms. The van der Waals surface area contributed by atoms with Crippen molar-refractivity contribution in [3.63, 3.8) is 0 Å². The highest BCUT2D eigenvalue weighted by Crippen LogP contribution is 2.15. The van der Waals surface area contributed by atoms with E-state index in [9.17, 15) is 18.7 Å². The van der Waals surface area contributed by atoms with Gasteiger partial charge in [0.2, 0.25) is 0 Å². The molecule has 2 N–H and O–H groups in total. The third-order valence-electron chi connectivity index (χ3n) is 2.58. The summed E-state index contributed by atoms with van der Waals surface area (Å²) in [6, 6.07) is 3.05. The van der Waals surface area contributed by atoms with E-state index in [1.807, 2.05) is 0 Å². The molecular weight excluding hydrogens is 268 g/mol. The summed E-state index contributed by atoms with van der Waals surface area (Å²) in [5.74, 6) is -2.56. The molecule has 0 saturated carbocycles. The van der Waals surface area contributed by atoms with Crippen molar-refractivity contribution in [1.29, 1.82) is 0 Å². The summed E-state index contributed by atoms with van der Waals surface area (Å²) < 4.78 is 25.8. The highest BCUT2D eigenvalue weighted by molar-refractivity contribution is 5.91. The Hall–Kier alpha value is -2.41. The van der Waals surface area contributed by atoms with E-state index in [1.54, 1.807) is 0 Å². The molecule has 2 rings (SSSR count). The van der Waals surface area contributed by atoms with Gasteiger partial charge in [-0.2, -0.15) is 0 Å². The van der Waals surface area contributed by atoms with E-state index in [4.69, 9.17) is 0 Å². The number of carbonyl (C=O) groups is 1. The van der Waals surface area contributed by atoms with Crippen molar-refractivity contribution in [2.24, 2.45) is 0 Å². The molecule has 1 aromatic heterocycles. The van der Waals surface area contributed by atoms with Crippen molar-refractivity contribution >= 4 is 5.91 Å². The molecule has 1 amide bonds. The van der Waals surface area contributed by atoms with Crippen LogP contribution in [0.4, 0.5) is 8.78 Å². The molecule has 0 aliphatic heterocycles. The summed E-state index contributed by atoms with van der Waals surface area (Å²) in [5.41, 5.74) is 0.272. The first-order valence-corrected chi connectivity index (χ1v) is 5.75. The van der Waals surface area contributed by atoms with E-state index in [0.29, 0.717) is 0 Å². The molecule has 1 aromatic carbocycles. The molecule has 104 valence electrons. The number of benzene rings is 1. The third-order valence-corrected chi connectivity index (χ3v) is 2.58. The number of nitrogens with zero attached hydrogens (tertiary/aromatic N) is 2. The first-order valence-electron chi connectivity index (χ1n) is 5.75. The molecule has 0 radical (unpaired) electrons. The average Bonchev–Trinajstić information content (AvgIpc) is 2.48. The second-order valence-corrected chi connectivity index (χ2v) is 3.99. The highest BCUT2D eigenvalue weighted by Gasteiger charge is 2.13. The SMILES string of the molecule is O=C(NCC(O)c1ccc(F)c(F)c1)c1cnccn1. The maximum atomic E-state index is 13.0. The van der Waals surface area contributed by atoms with Crippen molar-refractivity contribution < 1.29 is 18.7 Å². The van der Waals surface area contributed by atoms with Crippen molar-refractivity contribution in [3.8, 4) is 0 Å². The fourth-order valence-corrected chi connectivity index (χ4v) is 1.53. The molecular formula is C13H11F2N3O2. The maximum Gasteiger partial charge on any atom is 0.271 e. The van der Waals surface area contributed by atoms with Crippen LogP contribution in [0.3, 0.4) is 0 Å². The number of nitrogens with one attached hydrogen (secondary N) is 1. The molecule has 0 spiro atoms. The normalized spacial score (nSPS) is 11.9. The van der Waals surface area contributed by atoms with Crippen LogP contribution in [0.25, 0.3) is 0 Å². The minimum absolute atomic E-state index is 0.102. The van der Waals surface area contributed by atoms with Gasteiger partial charge in [0.1, 0.15) is 5.69 Å². The third kappa shape index (κ3) is 3.33. The smallest absolute Gasteiger partial charge is 0.271 e. The molecule has 0 fully saturated rings. The molecule has 1 unspecified atom stereocenters. The van der Waals surface area contributed by atoms with Crippen LogP contribution in [0.2, 0.25) is 0 Å². The van der Waals surface area contributed by atoms with Gasteiger partial charge in [-0.05, 0) is 17.7 Å². The van der Waals surface area contributed by atoms with Gasteiger partial charge in [0.05, 0.1) is 12.3 Å². The summed E-state index contributed by atoms with van der Waals surface area (Å²) in [4.78, 5) is 19.2. The monoisotopic (exact) mass is 279 g/mol. The number of aliphatic hydroxyl groups excluding tert-OH is 1. The molecule has 0 saturated heterocycles. The van der Waals surface area contributed by atoms with Crippen LogP contribution in [0.5, 0.6) is 0 Å². The van der Waals surface area contributed by atoms with Gasteiger partial charge in [-0.25, -0.2) is 13.8 Å². The number of hydrogen-bond donors (Lipinski definition) is 2. The lowest BCUT2D eigenvalue weighted by Gasteiger charge is -2.12. The van der Waals surface area contributed by atoms with Gasteiger partial charge < -0.3 is 10.4 Å². The Labute approximate surface area is 113 Å². The Kier molecular flexibility index (Phi) is 4.31. The van der Waals surface area contributed by atoms with Crippen LogP contribution < -0.4 is 5.32 Å². The van der Waals surface area contributed by atoms with Crippen LogP contribution in [0.1, 0.15) is 22.2 Å². The summed E-state index contributed by atoms with van der Waals surface area (Å²) in [6.45, 7) is -0.152. The molecule has 2 aromatic rings. The molecule has 1 atom stereocenters. The minimum Gasteiger partial charge on any atom is -0.387 e. The summed E-state index contributed by atoms with van der Waals surface area (Å²) >= 11 is 0. The zero-order valence-corrected chi connectivity index (χ0v) is 10.3. The zero-order valence-electron chi connectivity index (χ0n) is 10.3. The van der Waals surface area contributed by atoms with E-state index < -0.39 is 23.6 Å². The van der Waals surface area contributed by atoms with Crippen molar-refractivity contribution in [2.45, 2.75) is 6.10 Å². The predicted molar refractivity (Wildman–Crippen MR) is 65.7 cm³/mol. The van der Waals surface area contributed by atoms with Crippen LogP contribution in [0.15, 0.2) is 36.8 Å². The lowest BCUT2D eigenvalue weighted by atomic mass is 10.1. The number of aliphatic hydroxyl groups is 1. The first-order chi connectivity index (χ1) is 9.58. The van der Waals surface area contributed by atoms with Gasteiger partial charge >= 0.3 is 0 Å². The minimum atomic E-state index is -1.15. The van der Waals surface area contributed by atoms with Gasteiger partial charge in [0, 0.05) is 18.9 Å². The lowest BCUT2D eigenvalue weighted by Crippen LogP contribution is -2.29. The van der Waals surface area contributed by atoms with E-state index >= 15 is 0 Å². The van der Waals surface area contributed by atoms with E-state index in [-0.39, 0.29) is 17.8 Å². The van der Waals surface area contributed by atoms with Crippen molar-refractivity contribution in [1.82, 2.24) is 15.3 Å². The van der Waals surface area contributed by atoms with Gasteiger partial charge in [0.15, 0.2) is 11.6 Å². The molecule has 5 nitrogen and oxygen atoms in total.